The van der Waals surface area contributed by atoms with Gasteiger partial charge in [0.25, 0.3) is 0 Å². The van der Waals surface area contributed by atoms with Crippen LogP contribution >= 0.6 is 0 Å². The quantitative estimate of drug-likeness (QED) is 0.595. The highest BCUT2D eigenvalue weighted by molar-refractivity contribution is 5.15. The molecule has 0 aromatic rings. The molecule has 2 aliphatic heterocycles. The first-order valence-electron chi connectivity index (χ1n) is 10.8. The average molecular weight is 375 g/mol. The van der Waals surface area contributed by atoms with Gasteiger partial charge in [-0.05, 0) is 44.4 Å². The molecule has 5 unspecified atom stereocenters. The number of rotatable bonds is 0. The van der Waals surface area contributed by atoms with Crippen LogP contribution in [0.1, 0.15) is 44.9 Å². The average Bonchev–Trinajstić information content (AvgIpc) is 3.03. The maximum absolute atomic E-state index is 6.47. The summed E-state index contributed by atoms with van der Waals surface area (Å²) in [7, 11) is 0. The van der Waals surface area contributed by atoms with E-state index in [1.807, 2.05) is 0 Å². The summed E-state index contributed by atoms with van der Waals surface area (Å²) < 4.78 is 24.7. The van der Waals surface area contributed by atoms with Crippen molar-refractivity contribution in [1.29, 1.82) is 0 Å². The minimum atomic E-state index is 0.0879. The van der Waals surface area contributed by atoms with Gasteiger partial charge in [-0.2, -0.15) is 0 Å². The van der Waals surface area contributed by atoms with Crippen molar-refractivity contribution in [2.75, 3.05) is 33.0 Å². The molecule has 2 bridgehead atoms. The fourth-order valence-electron chi connectivity index (χ4n) is 5.25. The van der Waals surface area contributed by atoms with E-state index in [0.717, 1.165) is 64.8 Å². The lowest BCUT2D eigenvalue weighted by Crippen LogP contribution is -2.52. The van der Waals surface area contributed by atoms with Crippen LogP contribution in [0.5, 0.6) is 0 Å². The zero-order chi connectivity index (χ0) is 18.4. The summed E-state index contributed by atoms with van der Waals surface area (Å²) >= 11 is 0. The first kappa shape index (κ1) is 19.4. The van der Waals surface area contributed by atoms with Crippen molar-refractivity contribution in [3.8, 4) is 0 Å². The molecule has 2 aliphatic carbocycles. The number of hydrogen-bond acceptors (Lipinski definition) is 4. The summed E-state index contributed by atoms with van der Waals surface area (Å²) in [6.07, 6.45) is 21.5. The third kappa shape index (κ3) is 4.56. The van der Waals surface area contributed by atoms with Crippen molar-refractivity contribution in [3.63, 3.8) is 0 Å². The van der Waals surface area contributed by atoms with Gasteiger partial charge in [0.15, 0.2) is 0 Å². The third-order valence-corrected chi connectivity index (χ3v) is 6.64. The molecule has 2 heterocycles. The van der Waals surface area contributed by atoms with Gasteiger partial charge >= 0.3 is 0 Å². The molecule has 4 aliphatic rings. The number of hydrogen-bond donors (Lipinski definition) is 0. The predicted molar refractivity (Wildman–Crippen MR) is 106 cm³/mol. The second-order valence-corrected chi connectivity index (χ2v) is 8.37. The van der Waals surface area contributed by atoms with Gasteiger partial charge in [-0.25, -0.2) is 0 Å². The minimum Gasteiger partial charge on any atom is -0.381 e. The van der Waals surface area contributed by atoms with E-state index in [1.54, 1.807) is 0 Å². The Bertz CT molecular complexity index is 555. The van der Waals surface area contributed by atoms with Crippen LogP contribution < -0.4 is 0 Å². The van der Waals surface area contributed by atoms with Gasteiger partial charge < -0.3 is 18.9 Å². The van der Waals surface area contributed by atoms with Crippen LogP contribution in [-0.2, 0) is 18.9 Å². The molecule has 1 saturated heterocycles. The molecular weight excluding hydrogens is 340 g/mol. The molecular formula is C23H34O4. The maximum atomic E-state index is 6.47. The smallest absolute Gasteiger partial charge is 0.0841 e. The highest BCUT2D eigenvalue weighted by Gasteiger charge is 2.57. The lowest BCUT2D eigenvalue weighted by atomic mass is 9.64. The number of allylic oxidation sites excluding steroid dienone is 3. The van der Waals surface area contributed by atoms with Crippen LogP contribution in [-0.4, -0.2) is 51.3 Å². The summed E-state index contributed by atoms with van der Waals surface area (Å²) in [6, 6.07) is 0. The minimum absolute atomic E-state index is 0.0879. The van der Waals surface area contributed by atoms with Crippen molar-refractivity contribution >= 4 is 0 Å². The first-order valence-corrected chi connectivity index (χ1v) is 10.8. The molecule has 0 radical (unpaired) electrons. The Hall–Kier alpha value is -0.940. The lowest BCUT2D eigenvalue weighted by molar-refractivity contribution is -0.156. The highest BCUT2D eigenvalue weighted by Crippen LogP contribution is 2.55. The van der Waals surface area contributed by atoms with Gasteiger partial charge in [-0.3, -0.25) is 0 Å². The lowest BCUT2D eigenvalue weighted by Gasteiger charge is -2.49. The molecule has 2 fully saturated rings. The Morgan fingerprint density at radius 2 is 1.70 bits per heavy atom. The Morgan fingerprint density at radius 1 is 0.852 bits per heavy atom. The van der Waals surface area contributed by atoms with E-state index in [-0.39, 0.29) is 17.6 Å². The Kier molecular flexibility index (Phi) is 6.82. The maximum Gasteiger partial charge on any atom is 0.0841 e. The summed E-state index contributed by atoms with van der Waals surface area (Å²) in [5.74, 6) is 0.544. The molecule has 1 saturated carbocycles. The van der Waals surface area contributed by atoms with E-state index < -0.39 is 0 Å². The normalized spacial score (nSPS) is 43.3. The molecule has 1 spiro atoms. The second kappa shape index (κ2) is 9.51. The summed E-state index contributed by atoms with van der Waals surface area (Å²) in [4.78, 5) is 0. The van der Waals surface area contributed by atoms with Crippen LogP contribution in [0.15, 0.2) is 36.5 Å². The molecule has 4 rings (SSSR count). The fraction of sp³-hybridized carbons (Fsp3) is 0.739. The molecule has 5 atom stereocenters. The van der Waals surface area contributed by atoms with E-state index in [0.29, 0.717) is 25.2 Å². The topological polar surface area (TPSA) is 36.9 Å². The second-order valence-electron chi connectivity index (χ2n) is 8.37. The van der Waals surface area contributed by atoms with E-state index in [1.165, 1.54) is 0 Å². The third-order valence-electron chi connectivity index (χ3n) is 6.64. The van der Waals surface area contributed by atoms with Crippen LogP contribution in [0.2, 0.25) is 0 Å². The molecule has 4 nitrogen and oxygen atoms in total. The van der Waals surface area contributed by atoms with Crippen LogP contribution in [0, 0.1) is 11.3 Å². The van der Waals surface area contributed by atoms with E-state index in [2.05, 4.69) is 36.5 Å². The molecule has 27 heavy (non-hydrogen) atoms. The Labute approximate surface area is 163 Å². The van der Waals surface area contributed by atoms with Gasteiger partial charge in [0.05, 0.1) is 38.1 Å². The van der Waals surface area contributed by atoms with Crippen molar-refractivity contribution < 1.29 is 18.9 Å². The summed E-state index contributed by atoms with van der Waals surface area (Å²) in [6.45, 7) is 3.81. The van der Waals surface area contributed by atoms with Crippen molar-refractivity contribution in [1.82, 2.24) is 0 Å². The van der Waals surface area contributed by atoms with Gasteiger partial charge in [-0.15, -0.1) is 0 Å². The van der Waals surface area contributed by atoms with E-state index in [9.17, 15) is 0 Å². The molecule has 4 heteroatoms. The Balaban J connectivity index is 1.47. The number of fused-ring (bicyclic) bond motifs is 1. The molecule has 150 valence electrons. The predicted octanol–water partition coefficient (Wildman–Crippen LogP) is 4.21. The van der Waals surface area contributed by atoms with Crippen molar-refractivity contribution in [2.45, 2.75) is 63.3 Å². The number of ether oxygens (including phenoxy) is 4. The van der Waals surface area contributed by atoms with E-state index >= 15 is 0 Å². The Morgan fingerprint density at radius 3 is 2.63 bits per heavy atom. The zero-order valence-electron chi connectivity index (χ0n) is 16.4. The van der Waals surface area contributed by atoms with Crippen LogP contribution in [0.25, 0.3) is 0 Å². The molecule has 0 aromatic carbocycles. The molecule has 0 aromatic heterocycles. The zero-order valence-corrected chi connectivity index (χ0v) is 16.4. The largest absolute Gasteiger partial charge is 0.381 e. The standard InChI is InChI=1S/C23H34O4/c1-2-9-15-26-21-17-19-16-20(21)23(11-5-4-10-22(23)27-19)18-25-14-8-3-7-13-24-12-6-1/h1-2,4,6,9-10,19-22H,3,5,7-8,11-18H2/b6-1+,9-2+. The SMILES string of the molecule is C1=CC2OC3CC4OC/C=C/C=C/COCCCCCOCC2(CC1)C4C3. The van der Waals surface area contributed by atoms with Crippen molar-refractivity contribution in [2.24, 2.45) is 11.3 Å². The van der Waals surface area contributed by atoms with Crippen LogP contribution in [0.3, 0.4) is 0 Å². The summed E-state index contributed by atoms with van der Waals surface area (Å²) in [5, 5.41) is 0. The van der Waals surface area contributed by atoms with Crippen molar-refractivity contribution in [3.05, 3.63) is 36.5 Å². The fourth-order valence-corrected chi connectivity index (χ4v) is 5.25. The van der Waals surface area contributed by atoms with Gasteiger partial charge in [0, 0.05) is 25.0 Å². The van der Waals surface area contributed by atoms with E-state index in [4.69, 9.17) is 18.9 Å². The van der Waals surface area contributed by atoms with Gasteiger partial charge in [0.1, 0.15) is 0 Å². The molecule has 0 N–H and O–H groups in total. The molecule has 0 amide bonds. The van der Waals surface area contributed by atoms with Crippen LogP contribution in [0.4, 0.5) is 0 Å². The van der Waals surface area contributed by atoms with Gasteiger partial charge in [0.2, 0.25) is 0 Å². The summed E-state index contributed by atoms with van der Waals surface area (Å²) in [5.41, 5.74) is 0.0879. The first-order chi connectivity index (χ1) is 13.4. The monoisotopic (exact) mass is 374 g/mol. The highest BCUT2D eigenvalue weighted by atomic mass is 16.5. The van der Waals surface area contributed by atoms with Gasteiger partial charge in [-0.1, -0.05) is 36.5 Å².